The third kappa shape index (κ3) is 7.19. The van der Waals surface area contributed by atoms with E-state index < -0.39 is 44.8 Å². The molecule has 1 rings (SSSR count). The van der Waals surface area contributed by atoms with Crippen molar-refractivity contribution >= 4 is 40.0 Å². The van der Waals surface area contributed by atoms with Crippen molar-refractivity contribution in [3.8, 4) is 0 Å². The van der Waals surface area contributed by atoms with Crippen LogP contribution in [0.1, 0.15) is 52.4 Å². The normalized spacial score (nSPS) is 18.4. The summed E-state index contributed by atoms with van der Waals surface area (Å²) in [5.74, 6) is -2.98. The summed E-state index contributed by atoms with van der Waals surface area (Å²) in [4.78, 5) is 34.5. The van der Waals surface area contributed by atoms with E-state index in [9.17, 15) is 27.9 Å². The number of sulfone groups is 1. The number of aliphatic carboxylic acids is 1. The monoisotopic (exact) mass is 398 g/mol. The minimum atomic E-state index is -3.65. The lowest BCUT2D eigenvalue weighted by atomic mass is 10.2. The molecule has 2 amide bonds. The van der Waals surface area contributed by atoms with E-state index in [2.05, 4.69) is 10.6 Å². The molecular formula is C15H27ClN2O6S. The van der Waals surface area contributed by atoms with Crippen LogP contribution in [-0.2, 0) is 24.2 Å². The Labute approximate surface area is 154 Å². The molecule has 1 heterocycles. The van der Waals surface area contributed by atoms with Gasteiger partial charge in [0, 0.05) is 6.42 Å². The number of amides is 2. The topological polar surface area (TPSA) is 130 Å². The summed E-state index contributed by atoms with van der Waals surface area (Å²) in [7, 11) is -3.65. The fraction of sp³-hybridized carbons (Fsp3) is 0.800. The van der Waals surface area contributed by atoms with Crippen molar-refractivity contribution in [3.05, 3.63) is 0 Å². The molecule has 1 aliphatic heterocycles. The molecule has 0 aromatic rings. The quantitative estimate of drug-likeness (QED) is 0.495. The smallest absolute Gasteiger partial charge is 0.327 e. The van der Waals surface area contributed by atoms with Gasteiger partial charge in [-0.3, -0.25) is 9.59 Å². The first-order chi connectivity index (χ1) is 11.2. The van der Waals surface area contributed by atoms with E-state index in [1.165, 1.54) is 0 Å². The van der Waals surface area contributed by atoms with E-state index in [1.54, 1.807) is 0 Å². The first kappa shape index (κ1) is 23.6. The van der Waals surface area contributed by atoms with Crippen LogP contribution >= 0.6 is 12.4 Å². The number of halogens is 1. The van der Waals surface area contributed by atoms with Crippen molar-refractivity contribution in [3.63, 3.8) is 0 Å². The highest BCUT2D eigenvalue weighted by molar-refractivity contribution is 7.92. The van der Waals surface area contributed by atoms with Gasteiger partial charge in [-0.25, -0.2) is 13.2 Å². The van der Waals surface area contributed by atoms with Gasteiger partial charge in [-0.1, -0.05) is 26.7 Å². The van der Waals surface area contributed by atoms with Crippen molar-refractivity contribution in [1.29, 1.82) is 0 Å². The van der Waals surface area contributed by atoms with Gasteiger partial charge in [-0.2, -0.15) is 0 Å². The van der Waals surface area contributed by atoms with Crippen molar-refractivity contribution in [2.45, 2.75) is 69.7 Å². The van der Waals surface area contributed by atoms with E-state index in [-0.39, 0.29) is 31.2 Å². The first-order valence-corrected chi connectivity index (χ1v) is 9.96. The second-order valence-corrected chi connectivity index (χ2v) is 8.41. The Morgan fingerprint density at radius 3 is 2.24 bits per heavy atom. The van der Waals surface area contributed by atoms with E-state index in [4.69, 9.17) is 0 Å². The number of hydrogen-bond donors (Lipinski definition) is 3. The van der Waals surface area contributed by atoms with Crippen LogP contribution in [0, 0.1) is 0 Å². The number of carbonyl (C=O) groups excluding carboxylic acids is 2. The number of carbonyl (C=O) groups is 3. The molecule has 10 heteroatoms. The largest absolute Gasteiger partial charge is 0.480 e. The van der Waals surface area contributed by atoms with Crippen molar-refractivity contribution in [1.82, 2.24) is 10.6 Å². The molecule has 0 radical (unpaired) electrons. The summed E-state index contributed by atoms with van der Waals surface area (Å²) in [6, 6.07) is -2.32. The van der Waals surface area contributed by atoms with Crippen LogP contribution in [0.15, 0.2) is 0 Å². The molecule has 3 N–H and O–H groups in total. The standard InChI is InChI=1S/C15H26N2O6S.ClH/c1-3-5-10(6-4-2)24(22,23)9-12(15(20)21)17-14(19)11-7-8-13(18)16-11;/h10-12H,3-9H2,1-2H3,(H,16,18)(H,17,19)(H,20,21);1H/t11-,12?;/m0./s1. The molecular weight excluding hydrogens is 372 g/mol. The Hall–Kier alpha value is -1.35. The average molecular weight is 399 g/mol. The Kier molecular flexibility index (Phi) is 10.0. The highest BCUT2D eigenvalue weighted by Crippen LogP contribution is 2.17. The van der Waals surface area contributed by atoms with Crippen LogP contribution in [0.25, 0.3) is 0 Å². The van der Waals surface area contributed by atoms with Crippen LogP contribution in [-0.4, -0.2) is 54.4 Å². The van der Waals surface area contributed by atoms with Crippen molar-refractivity contribution < 1.29 is 27.9 Å². The molecule has 0 aromatic carbocycles. The fourth-order valence-electron chi connectivity index (χ4n) is 2.77. The first-order valence-electron chi connectivity index (χ1n) is 8.25. The molecule has 146 valence electrons. The lowest BCUT2D eigenvalue weighted by molar-refractivity contribution is -0.141. The number of carboxylic acid groups (broad SMARTS) is 1. The number of nitrogens with one attached hydrogen (secondary N) is 2. The van der Waals surface area contributed by atoms with Gasteiger partial charge in [-0.05, 0) is 19.3 Å². The Morgan fingerprint density at radius 2 is 1.84 bits per heavy atom. The maximum atomic E-state index is 12.5. The zero-order valence-electron chi connectivity index (χ0n) is 14.5. The minimum Gasteiger partial charge on any atom is -0.480 e. The van der Waals surface area contributed by atoms with E-state index in [0.29, 0.717) is 25.7 Å². The molecule has 8 nitrogen and oxygen atoms in total. The van der Waals surface area contributed by atoms with Gasteiger partial charge >= 0.3 is 5.97 Å². The second kappa shape index (κ2) is 10.6. The Balaban J connectivity index is 0.00000576. The number of rotatable bonds is 10. The zero-order chi connectivity index (χ0) is 18.3. The number of hydrogen-bond acceptors (Lipinski definition) is 5. The van der Waals surface area contributed by atoms with Crippen LogP contribution in [0.4, 0.5) is 0 Å². The summed E-state index contributed by atoms with van der Waals surface area (Å²) >= 11 is 0. The number of carboxylic acids is 1. The maximum absolute atomic E-state index is 12.5. The summed E-state index contributed by atoms with van der Waals surface area (Å²) in [6.45, 7) is 3.74. The van der Waals surface area contributed by atoms with Crippen LogP contribution < -0.4 is 10.6 Å². The molecule has 25 heavy (non-hydrogen) atoms. The average Bonchev–Trinajstić information content (AvgIpc) is 2.92. The molecule has 0 bridgehead atoms. The van der Waals surface area contributed by atoms with Crippen molar-refractivity contribution in [2.24, 2.45) is 0 Å². The molecule has 0 saturated carbocycles. The molecule has 1 saturated heterocycles. The predicted octanol–water partition coefficient (Wildman–Crippen LogP) is 0.640. The van der Waals surface area contributed by atoms with Gasteiger partial charge in [0.05, 0.1) is 11.0 Å². The lowest BCUT2D eigenvalue weighted by Crippen LogP contribution is -2.52. The van der Waals surface area contributed by atoms with Gasteiger partial charge in [0.25, 0.3) is 0 Å². The van der Waals surface area contributed by atoms with Crippen LogP contribution in [0.3, 0.4) is 0 Å². The molecule has 1 unspecified atom stereocenters. The van der Waals surface area contributed by atoms with Gasteiger partial charge in [-0.15, -0.1) is 12.4 Å². The zero-order valence-corrected chi connectivity index (χ0v) is 16.1. The predicted molar refractivity (Wildman–Crippen MR) is 95.4 cm³/mol. The minimum absolute atomic E-state index is 0. The second-order valence-electron chi connectivity index (χ2n) is 6.09. The SMILES string of the molecule is CCCC(CCC)S(=O)(=O)CC(NC(=O)[C@@H]1CCC(=O)N1)C(=O)O.Cl. The van der Waals surface area contributed by atoms with Gasteiger partial charge in [0.15, 0.2) is 9.84 Å². The summed E-state index contributed by atoms with van der Waals surface area (Å²) in [5, 5.41) is 13.3. The van der Waals surface area contributed by atoms with Gasteiger partial charge in [0.1, 0.15) is 12.1 Å². The lowest BCUT2D eigenvalue weighted by Gasteiger charge is -2.21. The van der Waals surface area contributed by atoms with E-state index >= 15 is 0 Å². The van der Waals surface area contributed by atoms with Crippen molar-refractivity contribution in [2.75, 3.05) is 5.75 Å². The maximum Gasteiger partial charge on any atom is 0.327 e. The van der Waals surface area contributed by atoms with E-state index in [1.807, 2.05) is 13.8 Å². The third-order valence-corrected chi connectivity index (χ3v) is 6.34. The molecule has 1 fully saturated rings. The van der Waals surface area contributed by atoms with Gasteiger partial charge < -0.3 is 15.7 Å². The van der Waals surface area contributed by atoms with Gasteiger partial charge in [0.2, 0.25) is 11.8 Å². The Morgan fingerprint density at radius 1 is 1.28 bits per heavy atom. The third-order valence-electron chi connectivity index (χ3n) is 4.05. The molecule has 1 aliphatic rings. The summed E-state index contributed by atoms with van der Waals surface area (Å²) < 4.78 is 25.0. The summed E-state index contributed by atoms with van der Waals surface area (Å²) in [5.41, 5.74) is 0. The highest BCUT2D eigenvalue weighted by atomic mass is 35.5. The molecule has 0 aromatic heterocycles. The summed E-state index contributed by atoms with van der Waals surface area (Å²) in [6.07, 6.45) is 2.77. The Bertz CT molecular complexity index is 575. The molecule has 0 spiro atoms. The molecule has 0 aliphatic carbocycles. The van der Waals surface area contributed by atoms with Crippen LogP contribution in [0.2, 0.25) is 0 Å². The van der Waals surface area contributed by atoms with E-state index in [0.717, 1.165) is 0 Å². The fourth-order valence-corrected chi connectivity index (χ4v) is 4.93. The van der Waals surface area contributed by atoms with Crippen LogP contribution in [0.5, 0.6) is 0 Å². The molecule has 2 atom stereocenters. The highest BCUT2D eigenvalue weighted by Gasteiger charge is 2.34.